The van der Waals surface area contributed by atoms with Crippen LogP contribution in [-0.2, 0) is 11.3 Å². The van der Waals surface area contributed by atoms with Gasteiger partial charge in [0.05, 0.1) is 6.61 Å². The van der Waals surface area contributed by atoms with Gasteiger partial charge in [-0.2, -0.15) is 4.52 Å². The van der Waals surface area contributed by atoms with Crippen molar-refractivity contribution in [3.8, 4) is 0 Å². The Balaban J connectivity index is 1.95. The first-order chi connectivity index (χ1) is 11.6. The third-order valence-corrected chi connectivity index (χ3v) is 4.71. The molecule has 0 N–H and O–H groups in total. The van der Waals surface area contributed by atoms with E-state index in [1.165, 1.54) is 40.2 Å². The molecule has 2 aromatic heterocycles. The molecule has 0 bridgehead atoms. The van der Waals surface area contributed by atoms with E-state index in [0.29, 0.717) is 34.8 Å². The minimum absolute atomic E-state index is 0.242. The van der Waals surface area contributed by atoms with Crippen LogP contribution in [0, 0.1) is 5.82 Å². The van der Waals surface area contributed by atoms with Crippen molar-refractivity contribution in [1.29, 1.82) is 0 Å². The Hall–Kier alpha value is -2.03. The number of halogens is 2. The van der Waals surface area contributed by atoms with Gasteiger partial charge in [-0.25, -0.2) is 9.37 Å². The summed E-state index contributed by atoms with van der Waals surface area (Å²) in [6.45, 7) is 1.42. The third kappa shape index (κ3) is 3.55. The fraction of sp³-hybridized carbons (Fsp3) is 0.267. The summed E-state index contributed by atoms with van der Waals surface area (Å²) in [5.41, 5.74) is 0.516. The summed E-state index contributed by atoms with van der Waals surface area (Å²) in [6.07, 6.45) is 1.45. The standard InChI is InChI=1S/C15H14ClFN4O2S/c1-23-7-6-20(9-10-2-3-11(17)8-12(10)16)15-19-21-13(22)4-5-18-14(21)24-15/h2-5,8H,6-7,9H2,1H3. The second kappa shape index (κ2) is 7.25. The van der Waals surface area contributed by atoms with Crippen molar-refractivity contribution < 1.29 is 9.13 Å². The minimum Gasteiger partial charge on any atom is -0.383 e. The summed E-state index contributed by atoms with van der Waals surface area (Å²) < 4.78 is 19.6. The number of nitrogens with zero attached hydrogens (tertiary/aromatic N) is 4. The molecule has 9 heteroatoms. The predicted octanol–water partition coefficient (Wildman–Crippen LogP) is 2.60. The van der Waals surface area contributed by atoms with Crippen LogP contribution < -0.4 is 10.5 Å². The first-order valence-electron chi connectivity index (χ1n) is 7.11. The molecule has 0 amide bonds. The van der Waals surface area contributed by atoms with Crippen molar-refractivity contribution >= 4 is 33.0 Å². The van der Waals surface area contributed by atoms with E-state index < -0.39 is 0 Å². The summed E-state index contributed by atoms with van der Waals surface area (Å²) in [4.78, 5) is 18.4. The number of fused-ring (bicyclic) bond motifs is 1. The average Bonchev–Trinajstić information content (AvgIpc) is 2.99. The van der Waals surface area contributed by atoms with E-state index in [1.807, 2.05) is 4.90 Å². The van der Waals surface area contributed by atoms with E-state index in [4.69, 9.17) is 16.3 Å². The molecular formula is C15H14ClFN4O2S. The molecule has 0 aliphatic carbocycles. The van der Waals surface area contributed by atoms with Crippen LogP contribution in [0.2, 0.25) is 5.02 Å². The van der Waals surface area contributed by atoms with Crippen molar-refractivity contribution in [1.82, 2.24) is 14.6 Å². The van der Waals surface area contributed by atoms with Crippen LogP contribution in [0.25, 0.3) is 4.96 Å². The summed E-state index contributed by atoms with van der Waals surface area (Å²) in [6, 6.07) is 5.62. The van der Waals surface area contributed by atoms with Crippen LogP contribution in [-0.4, -0.2) is 34.9 Å². The molecular weight excluding hydrogens is 355 g/mol. The fourth-order valence-electron chi connectivity index (χ4n) is 2.16. The molecule has 0 aliphatic heterocycles. The number of methoxy groups -OCH3 is 1. The van der Waals surface area contributed by atoms with Gasteiger partial charge in [-0.3, -0.25) is 4.79 Å². The molecule has 0 aliphatic rings. The molecule has 0 atom stereocenters. The van der Waals surface area contributed by atoms with E-state index in [2.05, 4.69) is 10.1 Å². The number of anilines is 1. The minimum atomic E-state index is -0.386. The molecule has 0 fully saturated rings. The Morgan fingerprint density at radius 2 is 2.25 bits per heavy atom. The van der Waals surface area contributed by atoms with Crippen LogP contribution in [0.3, 0.4) is 0 Å². The van der Waals surface area contributed by atoms with Gasteiger partial charge in [-0.1, -0.05) is 29.0 Å². The third-order valence-electron chi connectivity index (χ3n) is 3.37. The van der Waals surface area contributed by atoms with Crippen LogP contribution in [0.15, 0.2) is 35.3 Å². The predicted molar refractivity (Wildman–Crippen MR) is 91.5 cm³/mol. The number of rotatable bonds is 6. The molecule has 6 nitrogen and oxygen atoms in total. The van der Waals surface area contributed by atoms with Crippen molar-refractivity contribution in [3.63, 3.8) is 0 Å². The molecule has 126 valence electrons. The summed E-state index contributed by atoms with van der Waals surface area (Å²) >= 11 is 7.41. The molecule has 3 rings (SSSR count). The monoisotopic (exact) mass is 368 g/mol. The maximum atomic E-state index is 13.2. The lowest BCUT2D eigenvalue weighted by Gasteiger charge is -2.21. The van der Waals surface area contributed by atoms with Gasteiger partial charge in [-0.05, 0) is 17.7 Å². The van der Waals surface area contributed by atoms with Gasteiger partial charge < -0.3 is 9.64 Å². The van der Waals surface area contributed by atoms with Gasteiger partial charge in [0, 0.05) is 37.5 Å². The van der Waals surface area contributed by atoms with Crippen molar-refractivity contribution in [2.45, 2.75) is 6.54 Å². The molecule has 0 radical (unpaired) electrons. The molecule has 0 unspecified atom stereocenters. The Morgan fingerprint density at radius 3 is 2.96 bits per heavy atom. The van der Waals surface area contributed by atoms with Crippen LogP contribution in [0.1, 0.15) is 5.56 Å². The number of benzene rings is 1. The van der Waals surface area contributed by atoms with Gasteiger partial charge in [0.1, 0.15) is 5.82 Å². The summed E-state index contributed by atoms with van der Waals surface area (Å²) in [5, 5.41) is 5.28. The molecule has 3 aromatic rings. The second-order valence-electron chi connectivity index (χ2n) is 5.01. The summed E-state index contributed by atoms with van der Waals surface area (Å²) in [5.74, 6) is -0.386. The first-order valence-corrected chi connectivity index (χ1v) is 8.30. The van der Waals surface area contributed by atoms with Crippen molar-refractivity contribution in [3.05, 3.63) is 57.2 Å². The lowest BCUT2D eigenvalue weighted by molar-refractivity contribution is 0.205. The fourth-order valence-corrected chi connectivity index (χ4v) is 3.29. The largest absolute Gasteiger partial charge is 0.383 e. The number of aromatic nitrogens is 3. The van der Waals surface area contributed by atoms with E-state index in [9.17, 15) is 9.18 Å². The van der Waals surface area contributed by atoms with Crippen molar-refractivity contribution in [2.75, 3.05) is 25.2 Å². The molecule has 0 saturated carbocycles. The Labute approximate surface area is 146 Å². The van der Waals surface area contributed by atoms with Gasteiger partial charge in [0.25, 0.3) is 5.56 Å². The average molecular weight is 369 g/mol. The quantitative estimate of drug-likeness (QED) is 0.669. The Kier molecular flexibility index (Phi) is 5.08. The maximum absolute atomic E-state index is 13.2. The zero-order chi connectivity index (χ0) is 17.1. The van der Waals surface area contributed by atoms with E-state index in [-0.39, 0.29) is 11.4 Å². The SMILES string of the molecule is COCCN(Cc1ccc(F)cc1Cl)c1nn2c(=O)ccnc2s1. The van der Waals surface area contributed by atoms with Gasteiger partial charge in [0.15, 0.2) is 0 Å². The molecule has 0 spiro atoms. The number of hydrogen-bond acceptors (Lipinski definition) is 6. The van der Waals surface area contributed by atoms with Gasteiger partial charge in [-0.15, -0.1) is 5.10 Å². The molecule has 0 saturated heterocycles. The molecule has 2 heterocycles. The van der Waals surface area contributed by atoms with Gasteiger partial charge >= 0.3 is 0 Å². The number of hydrogen-bond donors (Lipinski definition) is 0. The highest BCUT2D eigenvalue weighted by atomic mass is 35.5. The Morgan fingerprint density at radius 1 is 1.42 bits per heavy atom. The maximum Gasteiger partial charge on any atom is 0.275 e. The molecule has 24 heavy (non-hydrogen) atoms. The zero-order valence-corrected chi connectivity index (χ0v) is 14.4. The highest BCUT2D eigenvalue weighted by molar-refractivity contribution is 7.20. The molecule has 1 aromatic carbocycles. The lowest BCUT2D eigenvalue weighted by Crippen LogP contribution is -2.27. The van der Waals surface area contributed by atoms with E-state index >= 15 is 0 Å². The smallest absolute Gasteiger partial charge is 0.275 e. The van der Waals surface area contributed by atoms with Crippen molar-refractivity contribution in [2.24, 2.45) is 0 Å². The van der Waals surface area contributed by atoms with Crippen LogP contribution in [0.5, 0.6) is 0 Å². The van der Waals surface area contributed by atoms with Crippen LogP contribution in [0.4, 0.5) is 9.52 Å². The van der Waals surface area contributed by atoms with E-state index in [0.717, 1.165) is 5.56 Å². The second-order valence-corrected chi connectivity index (χ2v) is 6.35. The Bertz CT molecular complexity index is 914. The highest BCUT2D eigenvalue weighted by Crippen LogP contribution is 2.25. The van der Waals surface area contributed by atoms with Gasteiger partial charge in [0.2, 0.25) is 10.1 Å². The normalized spacial score (nSPS) is 11.1. The summed E-state index contributed by atoms with van der Waals surface area (Å²) in [7, 11) is 1.60. The van der Waals surface area contributed by atoms with E-state index in [1.54, 1.807) is 13.2 Å². The number of ether oxygens (including phenoxy) is 1. The highest BCUT2D eigenvalue weighted by Gasteiger charge is 2.16. The lowest BCUT2D eigenvalue weighted by atomic mass is 10.2. The zero-order valence-electron chi connectivity index (χ0n) is 12.8. The first kappa shape index (κ1) is 16.8. The topological polar surface area (TPSA) is 59.7 Å². The van der Waals surface area contributed by atoms with Crippen LogP contribution >= 0.6 is 22.9 Å².